The minimum absolute atomic E-state index is 0.0783. The number of hydrogen-bond acceptors (Lipinski definition) is 3. The predicted molar refractivity (Wildman–Crippen MR) is 64.0 cm³/mol. The van der Waals surface area contributed by atoms with Gasteiger partial charge in [-0.25, -0.2) is 4.98 Å². The summed E-state index contributed by atoms with van der Waals surface area (Å²) in [6.07, 6.45) is 4.69. The highest BCUT2D eigenvalue weighted by molar-refractivity contribution is 5.85. The third kappa shape index (κ3) is 3.45. The minimum Gasteiger partial charge on any atom is -0.335 e. The van der Waals surface area contributed by atoms with Crippen molar-refractivity contribution >= 4 is 5.78 Å². The van der Waals surface area contributed by atoms with Gasteiger partial charge in [0.15, 0.2) is 5.78 Å². The summed E-state index contributed by atoms with van der Waals surface area (Å²) >= 11 is 0. The molecule has 0 aliphatic carbocycles. The van der Waals surface area contributed by atoms with Gasteiger partial charge in [-0.1, -0.05) is 13.8 Å². The van der Waals surface area contributed by atoms with Crippen molar-refractivity contribution in [3.63, 3.8) is 0 Å². The van der Waals surface area contributed by atoms with E-state index in [0.29, 0.717) is 12.3 Å². The number of rotatable bonds is 6. The van der Waals surface area contributed by atoms with Gasteiger partial charge in [-0.3, -0.25) is 4.79 Å². The Morgan fingerprint density at radius 3 is 2.81 bits per heavy atom. The Kier molecular flexibility index (Phi) is 4.68. The third-order valence-corrected chi connectivity index (χ3v) is 2.61. The van der Waals surface area contributed by atoms with E-state index in [9.17, 15) is 4.79 Å². The van der Waals surface area contributed by atoms with Crippen LogP contribution < -0.4 is 5.73 Å². The molecule has 1 unspecified atom stereocenters. The molecule has 0 aliphatic rings. The molecule has 1 rings (SSSR count). The van der Waals surface area contributed by atoms with Crippen molar-refractivity contribution < 1.29 is 4.79 Å². The van der Waals surface area contributed by atoms with Crippen molar-refractivity contribution in [2.45, 2.75) is 46.2 Å². The van der Waals surface area contributed by atoms with Crippen molar-refractivity contribution in [3.05, 3.63) is 18.2 Å². The Labute approximate surface area is 96.9 Å². The van der Waals surface area contributed by atoms with Crippen molar-refractivity contribution in [1.29, 1.82) is 0 Å². The molecule has 0 amide bonds. The topological polar surface area (TPSA) is 60.9 Å². The molecule has 0 fully saturated rings. The third-order valence-electron chi connectivity index (χ3n) is 2.61. The number of carbonyl (C=O) groups excluding carboxylic acids is 1. The number of nitrogens with two attached hydrogens (primary N) is 1. The first-order chi connectivity index (χ1) is 7.54. The molecule has 1 atom stereocenters. The molecular weight excluding hydrogens is 202 g/mol. The van der Waals surface area contributed by atoms with Gasteiger partial charge in [-0.05, 0) is 19.3 Å². The van der Waals surface area contributed by atoms with E-state index in [4.69, 9.17) is 5.73 Å². The molecule has 16 heavy (non-hydrogen) atoms. The first kappa shape index (κ1) is 12.9. The first-order valence-electron chi connectivity index (χ1n) is 5.82. The standard InChI is InChI=1S/C12H21N3O/c1-4-15-6-5-14-12(15)8-11(16)10(13)7-9(2)3/h5-6,9-10H,4,7-8,13H2,1-3H3. The molecule has 0 spiro atoms. The minimum atomic E-state index is -0.359. The summed E-state index contributed by atoms with van der Waals surface area (Å²) in [5, 5.41) is 0. The monoisotopic (exact) mass is 223 g/mol. The van der Waals surface area contributed by atoms with Gasteiger partial charge in [0.25, 0.3) is 0 Å². The van der Waals surface area contributed by atoms with Crippen molar-refractivity contribution in [1.82, 2.24) is 9.55 Å². The number of Topliss-reactive ketones (excluding diaryl/α,β-unsaturated/α-hetero) is 1. The van der Waals surface area contributed by atoms with E-state index in [2.05, 4.69) is 18.8 Å². The lowest BCUT2D eigenvalue weighted by molar-refractivity contribution is -0.120. The normalized spacial score (nSPS) is 13.1. The number of aryl methyl sites for hydroxylation is 1. The molecule has 4 heteroatoms. The second-order valence-electron chi connectivity index (χ2n) is 4.51. The van der Waals surface area contributed by atoms with Crippen LogP contribution in [0.5, 0.6) is 0 Å². The molecule has 90 valence electrons. The van der Waals surface area contributed by atoms with Gasteiger partial charge in [-0.15, -0.1) is 0 Å². The zero-order valence-electron chi connectivity index (χ0n) is 10.3. The van der Waals surface area contributed by atoms with E-state index < -0.39 is 0 Å². The zero-order chi connectivity index (χ0) is 12.1. The fourth-order valence-corrected chi connectivity index (χ4v) is 1.72. The van der Waals surface area contributed by atoms with Crippen LogP contribution in [0.25, 0.3) is 0 Å². The fourth-order valence-electron chi connectivity index (χ4n) is 1.72. The molecule has 0 bridgehead atoms. The van der Waals surface area contributed by atoms with Gasteiger partial charge >= 0.3 is 0 Å². The van der Waals surface area contributed by atoms with Crippen LogP contribution in [0, 0.1) is 5.92 Å². The lowest BCUT2D eigenvalue weighted by Crippen LogP contribution is -2.33. The molecule has 1 aromatic rings. The lowest BCUT2D eigenvalue weighted by atomic mass is 9.99. The molecule has 2 N–H and O–H groups in total. The SMILES string of the molecule is CCn1ccnc1CC(=O)C(N)CC(C)C. The molecule has 1 heterocycles. The van der Waals surface area contributed by atoms with Crippen LogP contribution in [0.2, 0.25) is 0 Å². The summed E-state index contributed by atoms with van der Waals surface area (Å²) in [4.78, 5) is 16.0. The van der Waals surface area contributed by atoms with Gasteiger partial charge in [0.05, 0.1) is 12.5 Å². The summed E-state index contributed by atoms with van der Waals surface area (Å²) in [6, 6.07) is -0.359. The molecule has 4 nitrogen and oxygen atoms in total. The summed E-state index contributed by atoms with van der Waals surface area (Å²) in [5.41, 5.74) is 5.84. The van der Waals surface area contributed by atoms with E-state index in [1.54, 1.807) is 6.20 Å². The first-order valence-corrected chi connectivity index (χ1v) is 5.82. The summed E-state index contributed by atoms with van der Waals surface area (Å²) < 4.78 is 1.97. The predicted octanol–water partition coefficient (Wildman–Crippen LogP) is 1.39. The van der Waals surface area contributed by atoms with E-state index in [1.807, 2.05) is 17.7 Å². The van der Waals surface area contributed by atoms with Crippen LogP contribution >= 0.6 is 0 Å². The van der Waals surface area contributed by atoms with Crippen molar-refractivity contribution in [2.75, 3.05) is 0 Å². The number of carbonyl (C=O) groups is 1. The number of ketones is 1. The van der Waals surface area contributed by atoms with E-state index in [1.165, 1.54) is 0 Å². The molecule has 0 aromatic carbocycles. The van der Waals surface area contributed by atoms with Crippen LogP contribution in [0.4, 0.5) is 0 Å². The van der Waals surface area contributed by atoms with Crippen LogP contribution in [0.1, 0.15) is 33.0 Å². The largest absolute Gasteiger partial charge is 0.335 e. The number of imidazole rings is 1. The lowest BCUT2D eigenvalue weighted by Gasteiger charge is -2.13. The fraction of sp³-hybridized carbons (Fsp3) is 0.667. The Balaban J connectivity index is 2.57. The maximum absolute atomic E-state index is 11.8. The molecular formula is C12H21N3O. The maximum atomic E-state index is 11.8. The number of aromatic nitrogens is 2. The average Bonchev–Trinajstić information content (AvgIpc) is 2.64. The van der Waals surface area contributed by atoms with E-state index in [0.717, 1.165) is 18.8 Å². The van der Waals surface area contributed by atoms with Gasteiger partial charge in [0.2, 0.25) is 0 Å². The number of hydrogen-bond donors (Lipinski definition) is 1. The highest BCUT2D eigenvalue weighted by atomic mass is 16.1. The Morgan fingerprint density at radius 2 is 2.25 bits per heavy atom. The number of nitrogens with zero attached hydrogens (tertiary/aromatic N) is 2. The molecule has 0 radical (unpaired) electrons. The van der Waals surface area contributed by atoms with Crippen LogP contribution in [-0.2, 0) is 17.8 Å². The highest BCUT2D eigenvalue weighted by Crippen LogP contribution is 2.07. The quantitative estimate of drug-likeness (QED) is 0.792. The van der Waals surface area contributed by atoms with Crippen LogP contribution in [0.15, 0.2) is 12.4 Å². The highest BCUT2D eigenvalue weighted by Gasteiger charge is 2.17. The molecule has 0 aliphatic heterocycles. The Bertz CT molecular complexity index is 344. The van der Waals surface area contributed by atoms with Crippen LogP contribution in [-0.4, -0.2) is 21.4 Å². The van der Waals surface area contributed by atoms with Crippen molar-refractivity contribution in [3.8, 4) is 0 Å². The van der Waals surface area contributed by atoms with Gasteiger partial charge < -0.3 is 10.3 Å². The van der Waals surface area contributed by atoms with Crippen molar-refractivity contribution in [2.24, 2.45) is 11.7 Å². The van der Waals surface area contributed by atoms with Gasteiger partial charge in [0, 0.05) is 18.9 Å². The Morgan fingerprint density at radius 1 is 1.56 bits per heavy atom. The smallest absolute Gasteiger partial charge is 0.157 e. The van der Waals surface area contributed by atoms with E-state index in [-0.39, 0.29) is 11.8 Å². The zero-order valence-corrected chi connectivity index (χ0v) is 10.3. The summed E-state index contributed by atoms with van der Waals surface area (Å²) in [6.45, 7) is 7.01. The molecule has 1 aromatic heterocycles. The maximum Gasteiger partial charge on any atom is 0.157 e. The second-order valence-corrected chi connectivity index (χ2v) is 4.51. The van der Waals surface area contributed by atoms with Gasteiger partial charge in [0.1, 0.15) is 5.82 Å². The summed E-state index contributed by atoms with van der Waals surface area (Å²) in [5.74, 6) is 1.34. The van der Waals surface area contributed by atoms with Crippen LogP contribution in [0.3, 0.4) is 0 Å². The Hall–Kier alpha value is -1.16. The van der Waals surface area contributed by atoms with Gasteiger partial charge in [-0.2, -0.15) is 0 Å². The average molecular weight is 223 g/mol. The molecule has 0 saturated carbocycles. The molecule has 0 saturated heterocycles. The van der Waals surface area contributed by atoms with E-state index >= 15 is 0 Å². The summed E-state index contributed by atoms with van der Waals surface area (Å²) in [7, 11) is 0. The second kappa shape index (κ2) is 5.80.